The third-order valence-electron chi connectivity index (χ3n) is 4.94. The number of likely N-dealkylation sites (tertiary alicyclic amines) is 1. The highest BCUT2D eigenvalue weighted by Crippen LogP contribution is 2.25. The van der Waals surface area contributed by atoms with Crippen LogP contribution in [0.3, 0.4) is 0 Å². The molecule has 3 unspecified atom stereocenters. The molecule has 26 heavy (non-hydrogen) atoms. The Morgan fingerprint density at radius 2 is 1.92 bits per heavy atom. The number of anilines is 1. The van der Waals surface area contributed by atoms with Gasteiger partial charge in [-0.1, -0.05) is 18.5 Å². The van der Waals surface area contributed by atoms with E-state index in [1.54, 1.807) is 29.2 Å². The van der Waals surface area contributed by atoms with Crippen molar-refractivity contribution in [1.29, 1.82) is 0 Å². The second-order valence-electron chi connectivity index (χ2n) is 7.04. The topological polar surface area (TPSA) is 89.9 Å². The van der Waals surface area contributed by atoms with Gasteiger partial charge in [0, 0.05) is 30.3 Å². The zero-order valence-corrected chi connectivity index (χ0v) is 15.3. The van der Waals surface area contributed by atoms with Crippen LogP contribution in [0.1, 0.15) is 19.8 Å². The van der Waals surface area contributed by atoms with E-state index in [2.05, 4.69) is 5.32 Å². The van der Waals surface area contributed by atoms with Crippen molar-refractivity contribution in [3.63, 3.8) is 0 Å². The summed E-state index contributed by atoms with van der Waals surface area (Å²) < 4.78 is 0. The van der Waals surface area contributed by atoms with Crippen LogP contribution in [0.4, 0.5) is 10.5 Å². The zero-order chi connectivity index (χ0) is 18.8. The van der Waals surface area contributed by atoms with Gasteiger partial charge in [0.1, 0.15) is 6.04 Å². The Labute approximate surface area is 156 Å². The summed E-state index contributed by atoms with van der Waals surface area (Å²) in [4.78, 5) is 39.5. The third kappa shape index (κ3) is 3.93. The van der Waals surface area contributed by atoms with Gasteiger partial charge in [0.2, 0.25) is 5.91 Å². The number of rotatable bonds is 3. The Balaban J connectivity index is 1.62. The minimum atomic E-state index is -0.889. The van der Waals surface area contributed by atoms with Gasteiger partial charge in [-0.05, 0) is 43.0 Å². The summed E-state index contributed by atoms with van der Waals surface area (Å²) in [6.07, 6.45) is 1.07. The number of hydrogen-bond donors (Lipinski definition) is 2. The first kappa shape index (κ1) is 18.5. The van der Waals surface area contributed by atoms with Crippen molar-refractivity contribution in [2.45, 2.75) is 25.8 Å². The summed E-state index contributed by atoms with van der Waals surface area (Å²) in [7, 11) is 0. The van der Waals surface area contributed by atoms with E-state index in [9.17, 15) is 19.5 Å². The molecule has 2 aliphatic rings. The highest BCUT2D eigenvalue weighted by Gasteiger charge is 2.37. The van der Waals surface area contributed by atoms with E-state index in [1.807, 2.05) is 6.92 Å². The number of carboxylic acids is 1. The second kappa shape index (κ2) is 7.53. The summed E-state index contributed by atoms with van der Waals surface area (Å²) in [5, 5.41) is 12.6. The predicted octanol–water partition coefficient (Wildman–Crippen LogP) is 2.20. The molecule has 0 saturated carbocycles. The second-order valence-corrected chi connectivity index (χ2v) is 7.47. The summed E-state index contributed by atoms with van der Waals surface area (Å²) >= 11 is 5.88. The van der Waals surface area contributed by atoms with Crippen LogP contribution in [0, 0.1) is 11.8 Å². The minimum Gasteiger partial charge on any atom is -0.481 e. The lowest BCUT2D eigenvalue weighted by molar-refractivity contribution is -0.143. The van der Waals surface area contributed by atoms with Gasteiger partial charge in [0.15, 0.2) is 0 Å². The highest BCUT2D eigenvalue weighted by molar-refractivity contribution is 6.30. The van der Waals surface area contributed by atoms with Gasteiger partial charge in [-0.25, -0.2) is 4.79 Å². The Morgan fingerprint density at radius 1 is 1.23 bits per heavy atom. The van der Waals surface area contributed by atoms with E-state index in [-0.39, 0.29) is 24.4 Å². The number of urea groups is 1. The van der Waals surface area contributed by atoms with Crippen LogP contribution >= 0.6 is 11.6 Å². The van der Waals surface area contributed by atoms with Crippen molar-refractivity contribution in [2.75, 3.05) is 24.5 Å². The van der Waals surface area contributed by atoms with Crippen LogP contribution in [0.2, 0.25) is 5.02 Å². The van der Waals surface area contributed by atoms with Crippen LogP contribution < -0.4 is 10.2 Å². The molecule has 2 fully saturated rings. The van der Waals surface area contributed by atoms with Gasteiger partial charge in [-0.3, -0.25) is 9.59 Å². The molecule has 2 N–H and O–H groups in total. The van der Waals surface area contributed by atoms with Gasteiger partial charge >= 0.3 is 12.0 Å². The van der Waals surface area contributed by atoms with Gasteiger partial charge in [-0.2, -0.15) is 0 Å². The molecule has 7 nitrogen and oxygen atoms in total. The fourth-order valence-electron chi connectivity index (χ4n) is 3.63. The summed E-state index contributed by atoms with van der Waals surface area (Å²) in [6, 6.07) is 6.01. The first-order valence-corrected chi connectivity index (χ1v) is 9.08. The van der Waals surface area contributed by atoms with Crippen LogP contribution in [0.15, 0.2) is 24.3 Å². The molecule has 3 amide bonds. The van der Waals surface area contributed by atoms with E-state index in [1.165, 1.54) is 4.90 Å². The maximum absolute atomic E-state index is 12.6. The molecule has 2 heterocycles. The number of benzene rings is 1. The molecule has 0 spiro atoms. The van der Waals surface area contributed by atoms with E-state index in [0.717, 1.165) is 5.69 Å². The lowest BCUT2D eigenvalue weighted by atomic mass is 9.91. The van der Waals surface area contributed by atoms with Crippen molar-refractivity contribution in [3.05, 3.63) is 29.3 Å². The normalized spacial score (nSPS) is 26.1. The van der Waals surface area contributed by atoms with Crippen molar-refractivity contribution in [1.82, 2.24) is 10.2 Å². The zero-order valence-electron chi connectivity index (χ0n) is 14.5. The summed E-state index contributed by atoms with van der Waals surface area (Å²) in [5.74, 6) is -1.50. The number of hydrogen-bond acceptors (Lipinski definition) is 3. The number of carboxylic acid groups (broad SMARTS) is 1. The van der Waals surface area contributed by atoms with E-state index in [0.29, 0.717) is 31.0 Å². The number of nitrogens with zero attached hydrogens (tertiary/aromatic N) is 2. The lowest BCUT2D eigenvalue weighted by Crippen LogP contribution is -2.53. The van der Waals surface area contributed by atoms with Crippen LogP contribution in [-0.4, -0.2) is 53.6 Å². The van der Waals surface area contributed by atoms with Crippen molar-refractivity contribution in [2.24, 2.45) is 11.8 Å². The average molecular weight is 380 g/mol. The fourth-order valence-corrected chi connectivity index (χ4v) is 3.75. The van der Waals surface area contributed by atoms with Crippen molar-refractivity contribution < 1.29 is 19.5 Å². The fraction of sp³-hybridized carbons (Fsp3) is 0.500. The molecule has 0 aliphatic carbocycles. The van der Waals surface area contributed by atoms with E-state index < -0.39 is 17.9 Å². The summed E-state index contributed by atoms with van der Waals surface area (Å²) in [5.41, 5.74) is 0.744. The maximum Gasteiger partial charge on any atom is 0.318 e. The Bertz CT molecular complexity index is 709. The summed E-state index contributed by atoms with van der Waals surface area (Å²) in [6.45, 7) is 3.11. The molecule has 8 heteroatoms. The molecule has 0 radical (unpaired) electrons. The van der Waals surface area contributed by atoms with Crippen LogP contribution in [-0.2, 0) is 9.59 Å². The number of piperidine rings is 1. The molecule has 1 aromatic carbocycles. The van der Waals surface area contributed by atoms with Crippen LogP contribution in [0.25, 0.3) is 0 Å². The number of aliphatic carboxylic acids is 1. The molecule has 2 saturated heterocycles. The van der Waals surface area contributed by atoms with Crippen LogP contribution in [0.5, 0.6) is 0 Å². The first-order chi connectivity index (χ1) is 12.3. The van der Waals surface area contributed by atoms with Crippen molar-refractivity contribution in [3.8, 4) is 0 Å². The molecule has 0 bridgehead atoms. The third-order valence-corrected chi connectivity index (χ3v) is 5.19. The van der Waals surface area contributed by atoms with Gasteiger partial charge in [0.25, 0.3) is 0 Å². The molecule has 3 rings (SSSR count). The van der Waals surface area contributed by atoms with Crippen molar-refractivity contribution >= 4 is 35.2 Å². The maximum atomic E-state index is 12.6. The minimum absolute atomic E-state index is 0.112. The molecule has 0 aromatic heterocycles. The quantitative estimate of drug-likeness (QED) is 0.842. The molecule has 1 aromatic rings. The lowest BCUT2D eigenvalue weighted by Gasteiger charge is -2.35. The number of carbonyl (C=O) groups excluding carboxylic acids is 2. The van der Waals surface area contributed by atoms with E-state index in [4.69, 9.17) is 11.6 Å². The Morgan fingerprint density at radius 3 is 2.58 bits per heavy atom. The van der Waals surface area contributed by atoms with E-state index >= 15 is 0 Å². The molecule has 3 atom stereocenters. The molecule has 2 aliphatic heterocycles. The number of carbonyl (C=O) groups is 3. The predicted molar refractivity (Wildman–Crippen MR) is 97.2 cm³/mol. The molecular formula is C18H22ClN3O4. The number of halogens is 1. The average Bonchev–Trinajstić information content (AvgIpc) is 2.95. The van der Waals surface area contributed by atoms with Gasteiger partial charge in [-0.15, -0.1) is 0 Å². The number of nitrogens with one attached hydrogen (secondary N) is 1. The van der Waals surface area contributed by atoms with Gasteiger partial charge in [0.05, 0.1) is 5.92 Å². The number of amides is 3. The molecule has 140 valence electrons. The smallest absolute Gasteiger partial charge is 0.318 e. The first-order valence-electron chi connectivity index (χ1n) is 8.70. The van der Waals surface area contributed by atoms with Gasteiger partial charge < -0.3 is 20.2 Å². The monoisotopic (exact) mass is 379 g/mol. The Hall–Kier alpha value is -2.28. The SMILES string of the molecule is CC1CC(C(=O)O)CN(C(=O)NC2CCN(c3ccc(Cl)cc3)C2=O)C1. The highest BCUT2D eigenvalue weighted by atomic mass is 35.5. The Kier molecular flexibility index (Phi) is 5.36. The standard InChI is InChI=1S/C18H22ClN3O4/c1-11-8-12(17(24)25)10-21(9-11)18(26)20-15-6-7-22(16(15)23)14-4-2-13(19)3-5-14/h2-5,11-12,15H,6-10H2,1H3,(H,20,26)(H,24,25). The largest absolute Gasteiger partial charge is 0.481 e. The molecular weight excluding hydrogens is 358 g/mol.